The maximum atomic E-state index is 13.8. The largest absolute Gasteiger partial charge is 0.453 e. The standard InChI is InChI=1S/C40H38N8O5/c1-52-40(51)46-34(29-7-3-2-4-8-29)38(49)47-20-5-9-32(47)35-42-23-30(44-35)27-15-11-25(12-16-27)26-13-17-28(18-14-26)31-24-43-36(45-31)33-10-6-21-48(33)39(50)37-41-19-22-53-37/h2-4,7-8,11-19,22-24,32-34H,5-6,9-10,20-21H2,1H3,(H,42,44)(H,43,45)(H,46,51)/t32-,33-,34+/m0/s1. The highest BCUT2D eigenvalue weighted by Gasteiger charge is 2.37. The number of likely N-dealkylation sites (tertiary alicyclic amines) is 2. The molecule has 0 radical (unpaired) electrons. The number of carbonyl (C=O) groups is 3. The number of ether oxygens (including phenoxy) is 1. The second-order valence-electron chi connectivity index (χ2n) is 13.2. The Balaban J connectivity index is 0.935. The van der Waals surface area contributed by atoms with Crippen molar-refractivity contribution in [3.05, 3.63) is 127 Å². The molecule has 0 aliphatic carbocycles. The summed E-state index contributed by atoms with van der Waals surface area (Å²) in [6, 6.07) is 24.4. The van der Waals surface area contributed by atoms with Gasteiger partial charge in [0.1, 0.15) is 24.0 Å². The normalized spacial score (nSPS) is 17.5. The molecular weight excluding hydrogens is 672 g/mol. The van der Waals surface area contributed by atoms with E-state index in [0.717, 1.165) is 65.1 Å². The molecule has 268 valence electrons. The Kier molecular flexibility index (Phi) is 9.28. The van der Waals surface area contributed by atoms with Crippen LogP contribution in [0.2, 0.25) is 0 Å². The van der Waals surface area contributed by atoms with Gasteiger partial charge in [0.25, 0.3) is 11.8 Å². The third-order valence-electron chi connectivity index (χ3n) is 10.0. The van der Waals surface area contributed by atoms with Gasteiger partial charge in [-0.25, -0.2) is 19.7 Å². The zero-order valence-electron chi connectivity index (χ0n) is 29.1. The van der Waals surface area contributed by atoms with Crippen LogP contribution < -0.4 is 5.32 Å². The first-order valence-electron chi connectivity index (χ1n) is 17.7. The van der Waals surface area contributed by atoms with Crippen molar-refractivity contribution in [3.8, 4) is 33.6 Å². The van der Waals surface area contributed by atoms with E-state index >= 15 is 0 Å². The Morgan fingerprint density at radius 2 is 1.30 bits per heavy atom. The molecule has 8 rings (SSSR count). The zero-order chi connectivity index (χ0) is 36.3. The number of hydrogen-bond acceptors (Lipinski definition) is 8. The molecule has 2 aliphatic rings. The summed E-state index contributed by atoms with van der Waals surface area (Å²) >= 11 is 0. The fraction of sp³-hybridized carbons (Fsp3) is 0.250. The number of alkyl carbamates (subject to hydrolysis) is 1. The average molecular weight is 711 g/mol. The number of H-pyrrole nitrogens is 2. The average Bonchev–Trinajstić information content (AvgIpc) is 4.06. The maximum Gasteiger partial charge on any atom is 0.407 e. The van der Waals surface area contributed by atoms with Crippen LogP contribution in [0.4, 0.5) is 4.79 Å². The highest BCUT2D eigenvalue weighted by Crippen LogP contribution is 2.35. The van der Waals surface area contributed by atoms with Crippen molar-refractivity contribution in [3.63, 3.8) is 0 Å². The first kappa shape index (κ1) is 33.6. The van der Waals surface area contributed by atoms with Gasteiger partial charge in [0.15, 0.2) is 0 Å². The summed E-state index contributed by atoms with van der Waals surface area (Å²) in [6.07, 6.45) is 9.12. The molecule has 3 amide bonds. The van der Waals surface area contributed by atoms with Gasteiger partial charge in [0, 0.05) is 13.1 Å². The zero-order valence-corrected chi connectivity index (χ0v) is 29.1. The van der Waals surface area contributed by atoms with E-state index in [0.29, 0.717) is 24.5 Å². The predicted octanol–water partition coefficient (Wildman–Crippen LogP) is 6.86. The van der Waals surface area contributed by atoms with E-state index in [1.54, 1.807) is 16.0 Å². The number of aromatic nitrogens is 5. The number of imidazole rings is 2. The summed E-state index contributed by atoms with van der Waals surface area (Å²) < 4.78 is 10.1. The highest BCUT2D eigenvalue weighted by atomic mass is 16.5. The second-order valence-corrected chi connectivity index (χ2v) is 13.2. The van der Waals surface area contributed by atoms with Crippen molar-refractivity contribution in [2.45, 2.75) is 43.8 Å². The number of carbonyl (C=O) groups excluding carboxylic acids is 3. The fourth-order valence-corrected chi connectivity index (χ4v) is 7.33. The second kappa shape index (κ2) is 14.6. The molecule has 2 fully saturated rings. The van der Waals surface area contributed by atoms with Crippen molar-refractivity contribution >= 4 is 17.9 Å². The van der Waals surface area contributed by atoms with Gasteiger partial charge in [0.05, 0.1) is 49.2 Å². The van der Waals surface area contributed by atoms with E-state index in [4.69, 9.17) is 14.1 Å². The lowest BCUT2D eigenvalue weighted by Crippen LogP contribution is -2.42. The number of aromatic amines is 2. The molecule has 3 aromatic heterocycles. The molecule has 2 saturated heterocycles. The lowest BCUT2D eigenvalue weighted by molar-refractivity contribution is -0.134. The Bertz CT molecular complexity index is 2200. The summed E-state index contributed by atoms with van der Waals surface area (Å²) in [4.78, 5) is 62.7. The molecule has 5 heterocycles. The number of methoxy groups -OCH3 is 1. The highest BCUT2D eigenvalue weighted by molar-refractivity contribution is 5.90. The summed E-state index contributed by atoms with van der Waals surface area (Å²) in [6.45, 7) is 1.19. The maximum absolute atomic E-state index is 13.8. The van der Waals surface area contributed by atoms with E-state index in [2.05, 4.69) is 73.8 Å². The van der Waals surface area contributed by atoms with Gasteiger partial charge in [0.2, 0.25) is 0 Å². The topological polar surface area (TPSA) is 162 Å². The number of amides is 3. The van der Waals surface area contributed by atoms with Crippen molar-refractivity contribution in [2.75, 3.05) is 20.2 Å². The van der Waals surface area contributed by atoms with Crippen LogP contribution in [0.15, 0.2) is 108 Å². The SMILES string of the molecule is COC(=O)N[C@@H](C(=O)N1CCC[C@H]1c1ncc(-c2ccc(-c3ccc(-c4cnc([C@@H]5CCCN5C(=O)c5ncco5)[nH]4)cc3)cc2)[nH]1)c1ccccc1. The molecule has 6 aromatic rings. The number of nitrogens with one attached hydrogen (secondary N) is 3. The predicted molar refractivity (Wildman–Crippen MR) is 195 cm³/mol. The summed E-state index contributed by atoms with van der Waals surface area (Å²) in [7, 11) is 1.28. The van der Waals surface area contributed by atoms with Crippen LogP contribution in [-0.2, 0) is 9.53 Å². The third-order valence-corrected chi connectivity index (χ3v) is 10.0. The van der Waals surface area contributed by atoms with Crippen molar-refractivity contribution in [2.24, 2.45) is 0 Å². The Hall–Kier alpha value is -6.50. The van der Waals surface area contributed by atoms with E-state index in [-0.39, 0.29) is 29.8 Å². The summed E-state index contributed by atoms with van der Waals surface area (Å²) in [5.41, 5.74) is 6.52. The number of rotatable bonds is 9. The molecule has 3 atom stereocenters. The van der Waals surface area contributed by atoms with Crippen LogP contribution in [-0.4, -0.2) is 72.8 Å². The molecule has 13 nitrogen and oxygen atoms in total. The number of oxazole rings is 1. The Labute approximate surface area is 305 Å². The molecule has 2 aliphatic heterocycles. The van der Waals surface area contributed by atoms with Crippen LogP contribution >= 0.6 is 0 Å². The van der Waals surface area contributed by atoms with Crippen LogP contribution in [0.1, 0.15) is 71.7 Å². The number of nitrogens with zero attached hydrogens (tertiary/aromatic N) is 5. The quantitative estimate of drug-likeness (QED) is 0.147. The summed E-state index contributed by atoms with van der Waals surface area (Å²) in [5.74, 6) is 1.11. The van der Waals surface area contributed by atoms with E-state index in [9.17, 15) is 14.4 Å². The lowest BCUT2D eigenvalue weighted by Gasteiger charge is -2.28. The molecule has 13 heteroatoms. The molecular formula is C40H38N8O5. The first-order chi connectivity index (χ1) is 26.0. The van der Waals surface area contributed by atoms with E-state index in [1.165, 1.54) is 19.6 Å². The number of hydrogen-bond donors (Lipinski definition) is 3. The van der Waals surface area contributed by atoms with Crippen molar-refractivity contribution in [1.82, 2.24) is 40.0 Å². The molecule has 3 aromatic carbocycles. The Morgan fingerprint density at radius 3 is 1.85 bits per heavy atom. The van der Waals surface area contributed by atoms with Crippen molar-refractivity contribution < 1.29 is 23.5 Å². The van der Waals surface area contributed by atoms with Gasteiger partial charge in [-0.2, -0.15) is 0 Å². The molecule has 0 spiro atoms. The van der Waals surface area contributed by atoms with Crippen LogP contribution in [0, 0.1) is 0 Å². The van der Waals surface area contributed by atoms with Gasteiger partial charge in [-0.15, -0.1) is 0 Å². The molecule has 0 unspecified atom stereocenters. The van der Waals surface area contributed by atoms with Gasteiger partial charge < -0.3 is 34.2 Å². The van der Waals surface area contributed by atoms with Gasteiger partial charge >= 0.3 is 12.0 Å². The van der Waals surface area contributed by atoms with E-state index < -0.39 is 12.1 Å². The molecule has 53 heavy (non-hydrogen) atoms. The third kappa shape index (κ3) is 6.80. The van der Waals surface area contributed by atoms with Crippen LogP contribution in [0.25, 0.3) is 33.6 Å². The number of benzene rings is 3. The Morgan fingerprint density at radius 1 is 0.755 bits per heavy atom. The smallest absolute Gasteiger partial charge is 0.407 e. The fourth-order valence-electron chi connectivity index (χ4n) is 7.33. The van der Waals surface area contributed by atoms with Gasteiger partial charge in [-0.1, -0.05) is 78.9 Å². The van der Waals surface area contributed by atoms with E-state index in [1.807, 2.05) is 36.5 Å². The van der Waals surface area contributed by atoms with Gasteiger partial charge in [-0.05, 0) is 53.5 Å². The minimum absolute atomic E-state index is 0.0932. The minimum Gasteiger partial charge on any atom is -0.453 e. The van der Waals surface area contributed by atoms with Crippen LogP contribution in [0.5, 0.6) is 0 Å². The minimum atomic E-state index is -0.872. The molecule has 0 saturated carbocycles. The molecule has 3 N–H and O–H groups in total. The lowest BCUT2D eigenvalue weighted by atomic mass is 10.0. The van der Waals surface area contributed by atoms with Gasteiger partial charge in [-0.3, -0.25) is 9.59 Å². The first-order valence-corrected chi connectivity index (χ1v) is 17.7. The summed E-state index contributed by atoms with van der Waals surface area (Å²) in [5, 5.41) is 2.71. The van der Waals surface area contributed by atoms with Crippen LogP contribution in [0.3, 0.4) is 0 Å². The van der Waals surface area contributed by atoms with Crippen molar-refractivity contribution in [1.29, 1.82) is 0 Å². The monoisotopic (exact) mass is 710 g/mol. The molecule has 0 bridgehead atoms.